The highest BCUT2D eigenvalue weighted by molar-refractivity contribution is 6.31. The number of amides is 1. The lowest BCUT2D eigenvalue weighted by Crippen LogP contribution is -2.20. The molecule has 31 heavy (non-hydrogen) atoms. The van der Waals surface area contributed by atoms with Crippen molar-refractivity contribution >= 4 is 23.2 Å². The Balaban J connectivity index is 1.48. The smallest absolute Gasteiger partial charge is 0.262 e. The second-order valence-electron chi connectivity index (χ2n) is 6.46. The number of anilines is 1. The van der Waals surface area contributed by atoms with E-state index in [9.17, 15) is 4.79 Å². The maximum absolute atomic E-state index is 12.4. The number of methoxy groups -OCH3 is 1. The lowest BCUT2D eigenvalue weighted by atomic mass is 10.2. The van der Waals surface area contributed by atoms with Crippen LogP contribution in [0.15, 0.2) is 77.2 Å². The van der Waals surface area contributed by atoms with Crippen LogP contribution < -0.4 is 14.8 Å². The van der Waals surface area contributed by atoms with Crippen molar-refractivity contribution in [3.8, 4) is 34.4 Å². The fraction of sp³-hybridized carbons (Fsp3) is 0.0870. The Labute approximate surface area is 183 Å². The standard InChI is InChI=1S/C23H18ClN3O4/c1-29-20-12-11-16(24)13-18(20)25-21(28)14-30-19-10-6-5-9-17(19)23-27-26-22(31-23)15-7-3-2-4-8-15/h2-13H,14H2,1H3,(H,25,28). The first-order valence-electron chi connectivity index (χ1n) is 9.38. The van der Waals surface area contributed by atoms with E-state index in [1.807, 2.05) is 36.4 Å². The van der Waals surface area contributed by atoms with E-state index in [2.05, 4.69) is 15.5 Å². The lowest BCUT2D eigenvalue weighted by Gasteiger charge is -2.12. The third kappa shape index (κ3) is 4.84. The molecule has 0 saturated heterocycles. The van der Waals surface area contributed by atoms with Crippen LogP contribution in [0, 0.1) is 0 Å². The van der Waals surface area contributed by atoms with E-state index in [0.29, 0.717) is 39.6 Å². The fourth-order valence-corrected chi connectivity index (χ4v) is 3.08. The van der Waals surface area contributed by atoms with Gasteiger partial charge in [0, 0.05) is 10.6 Å². The molecule has 0 bridgehead atoms. The van der Waals surface area contributed by atoms with Crippen molar-refractivity contribution in [2.24, 2.45) is 0 Å². The zero-order valence-corrected chi connectivity index (χ0v) is 17.3. The number of ether oxygens (including phenoxy) is 2. The summed E-state index contributed by atoms with van der Waals surface area (Å²) >= 11 is 6.00. The third-order valence-electron chi connectivity index (χ3n) is 4.36. The van der Waals surface area contributed by atoms with Gasteiger partial charge in [0.2, 0.25) is 5.89 Å². The average Bonchev–Trinajstić information content (AvgIpc) is 3.29. The van der Waals surface area contributed by atoms with E-state index >= 15 is 0 Å². The number of rotatable bonds is 7. The van der Waals surface area contributed by atoms with E-state index in [-0.39, 0.29) is 12.5 Å². The van der Waals surface area contributed by atoms with Crippen LogP contribution in [-0.4, -0.2) is 29.8 Å². The number of aromatic nitrogens is 2. The maximum Gasteiger partial charge on any atom is 0.262 e. The Morgan fingerprint density at radius 1 is 0.968 bits per heavy atom. The second kappa shape index (κ2) is 9.32. The van der Waals surface area contributed by atoms with Gasteiger partial charge in [0.25, 0.3) is 11.8 Å². The van der Waals surface area contributed by atoms with Crippen molar-refractivity contribution < 1.29 is 18.7 Å². The molecule has 4 rings (SSSR count). The molecule has 3 aromatic carbocycles. The molecule has 1 aromatic heterocycles. The number of hydrogen-bond acceptors (Lipinski definition) is 6. The number of benzene rings is 3. The maximum atomic E-state index is 12.4. The van der Waals surface area contributed by atoms with Gasteiger partial charge in [-0.3, -0.25) is 4.79 Å². The van der Waals surface area contributed by atoms with Crippen molar-refractivity contribution in [2.45, 2.75) is 0 Å². The number of nitrogens with zero attached hydrogens (tertiary/aromatic N) is 2. The van der Waals surface area contributed by atoms with Crippen molar-refractivity contribution in [3.05, 3.63) is 77.8 Å². The minimum Gasteiger partial charge on any atom is -0.495 e. The summed E-state index contributed by atoms with van der Waals surface area (Å²) in [6, 6.07) is 21.6. The third-order valence-corrected chi connectivity index (χ3v) is 4.59. The first-order valence-corrected chi connectivity index (χ1v) is 9.76. The Morgan fingerprint density at radius 3 is 2.52 bits per heavy atom. The van der Waals surface area contributed by atoms with Crippen LogP contribution in [0.3, 0.4) is 0 Å². The van der Waals surface area contributed by atoms with Crippen LogP contribution in [0.25, 0.3) is 22.9 Å². The quantitative estimate of drug-likeness (QED) is 0.435. The largest absolute Gasteiger partial charge is 0.495 e. The minimum atomic E-state index is -0.370. The summed E-state index contributed by atoms with van der Waals surface area (Å²) in [5.74, 6) is 1.27. The van der Waals surface area contributed by atoms with Gasteiger partial charge in [-0.1, -0.05) is 41.9 Å². The molecule has 0 saturated carbocycles. The highest BCUT2D eigenvalue weighted by Gasteiger charge is 2.16. The molecule has 1 N–H and O–H groups in total. The number of carbonyl (C=O) groups is 1. The zero-order valence-electron chi connectivity index (χ0n) is 16.5. The first kappa shape index (κ1) is 20.4. The van der Waals surface area contributed by atoms with E-state index in [4.69, 9.17) is 25.5 Å². The van der Waals surface area contributed by atoms with Gasteiger partial charge in [-0.05, 0) is 42.5 Å². The van der Waals surface area contributed by atoms with Crippen LogP contribution in [0.4, 0.5) is 5.69 Å². The van der Waals surface area contributed by atoms with Crippen molar-refractivity contribution in [3.63, 3.8) is 0 Å². The molecule has 1 heterocycles. The number of carbonyl (C=O) groups excluding carboxylic acids is 1. The van der Waals surface area contributed by atoms with Gasteiger partial charge in [-0.15, -0.1) is 10.2 Å². The molecule has 0 aliphatic carbocycles. The van der Waals surface area contributed by atoms with Gasteiger partial charge in [-0.25, -0.2) is 0 Å². The van der Waals surface area contributed by atoms with Gasteiger partial charge >= 0.3 is 0 Å². The molecule has 8 heteroatoms. The number of hydrogen-bond donors (Lipinski definition) is 1. The average molecular weight is 436 g/mol. The van der Waals surface area contributed by atoms with Crippen LogP contribution in [-0.2, 0) is 4.79 Å². The highest BCUT2D eigenvalue weighted by Crippen LogP contribution is 2.31. The molecule has 0 aliphatic heterocycles. The molecule has 0 aliphatic rings. The molecule has 1 amide bonds. The van der Waals surface area contributed by atoms with Crippen LogP contribution in [0.2, 0.25) is 5.02 Å². The minimum absolute atomic E-state index is 0.230. The zero-order chi connectivity index (χ0) is 21.6. The number of nitrogens with one attached hydrogen (secondary N) is 1. The van der Waals surface area contributed by atoms with E-state index in [1.54, 1.807) is 36.4 Å². The molecule has 0 spiro atoms. The lowest BCUT2D eigenvalue weighted by molar-refractivity contribution is -0.118. The summed E-state index contributed by atoms with van der Waals surface area (Å²) in [5, 5.41) is 11.4. The predicted octanol–water partition coefficient (Wildman–Crippen LogP) is 5.08. The molecular formula is C23H18ClN3O4. The molecular weight excluding hydrogens is 418 g/mol. The molecule has 156 valence electrons. The van der Waals surface area contributed by atoms with Crippen LogP contribution >= 0.6 is 11.6 Å². The predicted molar refractivity (Wildman–Crippen MR) is 117 cm³/mol. The van der Waals surface area contributed by atoms with Crippen molar-refractivity contribution in [1.29, 1.82) is 0 Å². The summed E-state index contributed by atoms with van der Waals surface area (Å²) in [6.45, 7) is -0.230. The van der Waals surface area contributed by atoms with Gasteiger partial charge in [0.05, 0.1) is 18.4 Å². The molecule has 7 nitrogen and oxygen atoms in total. The Morgan fingerprint density at radius 2 is 1.71 bits per heavy atom. The summed E-state index contributed by atoms with van der Waals surface area (Å²) in [7, 11) is 1.51. The first-order chi connectivity index (χ1) is 15.1. The molecule has 0 radical (unpaired) electrons. The second-order valence-corrected chi connectivity index (χ2v) is 6.89. The summed E-state index contributed by atoms with van der Waals surface area (Å²) < 4.78 is 16.8. The number of para-hydroxylation sites is 1. The summed E-state index contributed by atoms with van der Waals surface area (Å²) in [4.78, 5) is 12.4. The highest BCUT2D eigenvalue weighted by atomic mass is 35.5. The molecule has 0 atom stereocenters. The normalized spacial score (nSPS) is 10.5. The Kier molecular flexibility index (Phi) is 6.14. The van der Waals surface area contributed by atoms with Gasteiger partial charge < -0.3 is 19.2 Å². The Hall–Kier alpha value is -3.84. The molecule has 0 unspecified atom stereocenters. The van der Waals surface area contributed by atoms with Gasteiger partial charge in [0.1, 0.15) is 11.5 Å². The number of halogens is 1. The Bertz CT molecular complexity index is 1190. The summed E-state index contributed by atoms with van der Waals surface area (Å²) in [6.07, 6.45) is 0. The van der Waals surface area contributed by atoms with Crippen LogP contribution in [0.5, 0.6) is 11.5 Å². The fourth-order valence-electron chi connectivity index (χ4n) is 2.91. The van der Waals surface area contributed by atoms with Crippen LogP contribution in [0.1, 0.15) is 0 Å². The van der Waals surface area contributed by atoms with Gasteiger partial charge in [0.15, 0.2) is 6.61 Å². The molecule has 4 aromatic rings. The monoisotopic (exact) mass is 435 g/mol. The van der Waals surface area contributed by atoms with E-state index in [0.717, 1.165) is 5.56 Å². The summed E-state index contributed by atoms with van der Waals surface area (Å²) in [5.41, 5.74) is 1.86. The van der Waals surface area contributed by atoms with Crippen molar-refractivity contribution in [2.75, 3.05) is 19.0 Å². The van der Waals surface area contributed by atoms with Gasteiger partial charge in [-0.2, -0.15) is 0 Å². The molecule has 0 fully saturated rings. The van der Waals surface area contributed by atoms with Crippen molar-refractivity contribution in [1.82, 2.24) is 10.2 Å². The van der Waals surface area contributed by atoms with E-state index in [1.165, 1.54) is 7.11 Å². The SMILES string of the molecule is COc1ccc(Cl)cc1NC(=O)COc1ccccc1-c1nnc(-c2ccccc2)o1. The van der Waals surface area contributed by atoms with E-state index < -0.39 is 0 Å². The topological polar surface area (TPSA) is 86.5 Å².